The van der Waals surface area contributed by atoms with Crippen molar-refractivity contribution in [3.8, 4) is 5.88 Å². The molecular weight excluding hydrogens is 342 g/mol. The molecule has 27 heavy (non-hydrogen) atoms. The predicted molar refractivity (Wildman–Crippen MR) is 104 cm³/mol. The SMILES string of the molecule is COc1ccc2nnc(CCCC(=O)Nc3ccc(C(C)(C)C)cc3)n2n1. The summed E-state index contributed by atoms with van der Waals surface area (Å²) in [5.41, 5.74) is 2.81. The zero-order valence-electron chi connectivity index (χ0n) is 16.2. The molecule has 0 saturated carbocycles. The fourth-order valence-corrected chi connectivity index (χ4v) is 2.77. The van der Waals surface area contributed by atoms with E-state index in [4.69, 9.17) is 4.74 Å². The number of amides is 1. The molecule has 0 atom stereocenters. The number of methoxy groups -OCH3 is 1. The second kappa shape index (κ2) is 7.73. The van der Waals surface area contributed by atoms with Crippen LogP contribution < -0.4 is 10.1 Å². The summed E-state index contributed by atoms with van der Waals surface area (Å²) in [6.45, 7) is 6.50. The Labute approximate surface area is 158 Å². The Kier molecular flexibility index (Phi) is 5.39. The van der Waals surface area contributed by atoms with Gasteiger partial charge in [-0.1, -0.05) is 32.9 Å². The van der Waals surface area contributed by atoms with Crippen molar-refractivity contribution in [2.45, 2.75) is 45.4 Å². The van der Waals surface area contributed by atoms with Crippen LogP contribution in [0, 0.1) is 0 Å². The van der Waals surface area contributed by atoms with Crippen molar-refractivity contribution in [2.75, 3.05) is 12.4 Å². The molecule has 0 bridgehead atoms. The number of aryl methyl sites for hydroxylation is 1. The molecule has 1 amide bonds. The van der Waals surface area contributed by atoms with Crippen molar-refractivity contribution in [1.29, 1.82) is 0 Å². The van der Waals surface area contributed by atoms with Crippen LogP contribution in [0.2, 0.25) is 0 Å². The number of nitrogens with one attached hydrogen (secondary N) is 1. The highest BCUT2D eigenvalue weighted by Gasteiger charge is 2.13. The third kappa shape index (κ3) is 4.61. The van der Waals surface area contributed by atoms with Crippen molar-refractivity contribution in [2.24, 2.45) is 0 Å². The number of aromatic nitrogens is 4. The van der Waals surface area contributed by atoms with Gasteiger partial charge in [0.25, 0.3) is 0 Å². The zero-order valence-corrected chi connectivity index (χ0v) is 16.2. The van der Waals surface area contributed by atoms with Gasteiger partial charge >= 0.3 is 0 Å². The number of carbonyl (C=O) groups excluding carboxylic acids is 1. The number of hydrogen-bond acceptors (Lipinski definition) is 5. The normalized spacial score (nSPS) is 11.6. The molecule has 7 heteroatoms. The Morgan fingerprint density at radius 1 is 1.11 bits per heavy atom. The van der Waals surface area contributed by atoms with Crippen LogP contribution in [-0.2, 0) is 16.6 Å². The van der Waals surface area contributed by atoms with Crippen LogP contribution >= 0.6 is 0 Å². The summed E-state index contributed by atoms with van der Waals surface area (Å²) in [4.78, 5) is 12.2. The number of benzene rings is 1. The van der Waals surface area contributed by atoms with Crippen LogP contribution in [0.5, 0.6) is 5.88 Å². The van der Waals surface area contributed by atoms with E-state index in [9.17, 15) is 4.79 Å². The average molecular weight is 367 g/mol. The molecule has 3 aromatic rings. The molecule has 0 saturated heterocycles. The van der Waals surface area contributed by atoms with Gasteiger partial charge < -0.3 is 10.1 Å². The molecule has 2 heterocycles. The number of fused-ring (bicyclic) bond motifs is 1. The Hall–Kier alpha value is -2.96. The Morgan fingerprint density at radius 2 is 1.85 bits per heavy atom. The maximum atomic E-state index is 12.2. The minimum atomic E-state index is -0.0159. The van der Waals surface area contributed by atoms with Crippen LogP contribution in [0.4, 0.5) is 5.69 Å². The summed E-state index contributed by atoms with van der Waals surface area (Å²) < 4.78 is 6.79. The second-order valence-corrected chi connectivity index (χ2v) is 7.49. The average Bonchev–Trinajstić information content (AvgIpc) is 3.03. The van der Waals surface area contributed by atoms with Crippen LogP contribution in [0.25, 0.3) is 5.65 Å². The van der Waals surface area contributed by atoms with E-state index in [-0.39, 0.29) is 11.3 Å². The molecular formula is C20H25N5O2. The number of anilines is 1. The van der Waals surface area contributed by atoms with E-state index in [0.717, 1.165) is 5.69 Å². The molecule has 2 aromatic heterocycles. The monoisotopic (exact) mass is 367 g/mol. The van der Waals surface area contributed by atoms with E-state index in [2.05, 4.69) is 53.5 Å². The lowest BCUT2D eigenvalue weighted by atomic mass is 9.87. The molecule has 0 unspecified atom stereocenters. The molecule has 3 rings (SSSR count). The summed E-state index contributed by atoms with van der Waals surface area (Å²) >= 11 is 0. The number of nitrogens with zero attached hydrogens (tertiary/aromatic N) is 4. The molecule has 1 aromatic carbocycles. The fraction of sp³-hybridized carbons (Fsp3) is 0.400. The number of ether oxygens (including phenoxy) is 1. The molecule has 0 aliphatic carbocycles. The quantitative estimate of drug-likeness (QED) is 0.722. The highest BCUT2D eigenvalue weighted by Crippen LogP contribution is 2.23. The Morgan fingerprint density at radius 3 is 2.52 bits per heavy atom. The van der Waals surface area contributed by atoms with Crippen molar-refractivity contribution in [3.63, 3.8) is 0 Å². The van der Waals surface area contributed by atoms with Crippen LogP contribution in [-0.4, -0.2) is 32.8 Å². The van der Waals surface area contributed by atoms with Gasteiger partial charge in [0.15, 0.2) is 11.5 Å². The lowest BCUT2D eigenvalue weighted by molar-refractivity contribution is -0.116. The summed E-state index contributed by atoms with van der Waals surface area (Å²) in [7, 11) is 1.57. The largest absolute Gasteiger partial charge is 0.480 e. The van der Waals surface area contributed by atoms with E-state index >= 15 is 0 Å². The summed E-state index contributed by atoms with van der Waals surface area (Å²) in [5.74, 6) is 1.20. The second-order valence-electron chi connectivity index (χ2n) is 7.49. The first-order valence-electron chi connectivity index (χ1n) is 9.02. The minimum Gasteiger partial charge on any atom is -0.480 e. The molecule has 7 nitrogen and oxygen atoms in total. The Bertz CT molecular complexity index is 926. The third-order valence-corrected chi connectivity index (χ3v) is 4.35. The van der Waals surface area contributed by atoms with E-state index in [1.807, 2.05) is 12.1 Å². The first-order valence-corrected chi connectivity index (χ1v) is 9.02. The van der Waals surface area contributed by atoms with Crippen molar-refractivity contribution < 1.29 is 9.53 Å². The lowest BCUT2D eigenvalue weighted by Gasteiger charge is -2.19. The summed E-state index contributed by atoms with van der Waals surface area (Å²) in [6, 6.07) is 11.5. The van der Waals surface area contributed by atoms with Crippen LogP contribution in [0.3, 0.4) is 0 Å². The molecule has 1 N–H and O–H groups in total. The Balaban J connectivity index is 1.54. The first-order chi connectivity index (χ1) is 12.9. The van der Waals surface area contributed by atoms with Gasteiger partial charge in [-0.15, -0.1) is 15.3 Å². The van der Waals surface area contributed by atoms with Crippen LogP contribution in [0.15, 0.2) is 36.4 Å². The summed E-state index contributed by atoms with van der Waals surface area (Å²) in [6.07, 6.45) is 1.67. The molecule has 0 aliphatic heterocycles. The highest BCUT2D eigenvalue weighted by atomic mass is 16.5. The number of carbonyl (C=O) groups is 1. The predicted octanol–water partition coefficient (Wildman–Crippen LogP) is 3.39. The van der Waals surface area contributed by atoms with Crippen molar-refractivity contribution in [3.05, 3.63) is 47.8 Å². The van der Waals surface area contributed by atoms with Gasteiger partial charge in [-0.25, -0.2) is 0 Å². The van der Waals surface area contributed by atoms with Gasteiger partial charge in [0, 0.05) is 24.6 Å². The topological polar surface area (TPSA) is 81.4 Å². The van der Waals surface area contributed by atoms with E-state index in [1.54, 1.807) is 23.8 Å². The number of hydrogen-bond donors (Lipinski definition) is 1. The van der Waals surface area contributed by atoms with Crippen molar-refractivity contribution in [1.82, 2.24) is 19.8 Å². The van der Waals surface area contributed by atoms with Gasteiger partial charge in [-0.2, -0.15) is 4.52 Å². The van der Waals surface area contributed by atoms with Crippen molar-refractivity contribution >= 4 is 17.2 Å². The molecule has 0 aliphatic rings. The zero-order chi connectivity index (χ0) is 19.4. The molecule has 0 fully saturated rings. The van der Waals surface area contributed by atoms with Gasteiger partial charge in [-0.05, 0) is 35.6 Å². The molecule has 0 radical (unpaired) electrons. The third-order valence-electron chi connectivity index (χ3n) is 4.35. The molecule has 0 spiro atoms. The minimum absolute atomic E-state index is 0.0159. The molecule has 142 valence electrons. The number of rotatable bonds is 6. The van der Waals surface area contributed by atoms with Gasteiger partial charge in [0.2, 0.25) is 11.8 Å². The van der Waals surface area contributed by atoms with E-state index in [0.29, 0.717) is 36.6 Å². The first kappa shape index (κ1) is 18.8. The van der Waals surface area contributed by atoms with E-state index in [1.165, 1.54) is 5.56 Å². The van der Waals surface area contributed by atoms with E-state index < -0.39 is 0 Å². The maximum absolute atomic E-state index is 12.2. The van der Waals surface area contributed by atoms with Gasteiger partial charge in [0.1, 0.15) is 0 Å². The highest BCUT2D eigenvalue weighted by molar-refractivity contribution is 5.90. The summed E-state index contributed by atoms with van der Waals surface area (Å²) in [5, 5.41) is 15.5. The lowest BCUT2D eigenvalue weighted by Crippen LogP contribution is -2.13. The van der Waals surface area contributed by atoms with Crippen LogP contribution in [0.1, 0.15) is 45.0 Å². The van der Waals surface area contributed by atoms with Gasteiger partial charge in [0.05, 0.1) is 7.11 Å². The fourth-order valence-electron chi connectivity index (χ4n) is 2.77. The van der Waals surface area contributed by atoms with Gasteiger partial charge in [-0.3, -0.25) is 4.79 Å². The standard InChI is InChI=1S/C20H25N5O2/c1-20(2,3)14-8-10-15(11-9-14)21-18(26)7-5-6-16-22-23-17-12-13-19(27-4)24-25(16)17/h8-13H,5-7H2,1-4H3,(H,21,26). The maximum Gasteiger partial charge on any atom is 0.231 e. The smallest absolute Gasteiger partial charge is 0.231 e.